The molecule has 2 N–H and O–H groups in total. The molecule has 4 nitrogen and oxygen atoms in total. The van der Waals surface area contributed by atoms with Crippen LogP contribution in [0.15, 0.2) is 18.2 Å². The Labute approximate surface area is 158 Å². The SMILES string of the molecule is CCc1cccc(CC)c1NC(=O)C1CCC(C(=O)NC(C)CC)CC1. The van der Waals surface area contributed by atoms with Gasteiger partial charge in [-0.2, -0.15) is 0 Å². The molecule has 0 spiro atoms. The molecule has 2 rings (SSSR count). The van der Waals surface area contributed by atoms with Crippen molar-refractivity contribution in [1.82, 2.24) is 5.32 Å². The van der Waals surface area contributed by atoms with E-state index in [-0.39, 0.29) is 29.7 Å². The smallest absolute Gasteiger partial charge is 0.227 e. The van der Waals surface area contributed by atoms with Crippen LogP contribution in [0.5, 0.6) is 0 Å². The van der Waals surface area contributed by atoms with E-state index in [1.165, 1.54) is 11.1 Å². The lowest BCUT2D eigenvalue weighted by Gasteiger charge is -2.28. The maximum atomic E-state index is 12.8. The summed E-state index contributed by atoms with van der Waals surface area (Å²) < 4.78 is 0. The van der Waals surface area contributed by atoms with Crippen LogP contribution in [-0.4, -0.2) is 17.9 Å². The minimum Gasteiger partial charge on any atom is -0.353 e. The van der Waals surface area contributed by atoms with Gasteiger partial charge < -0.3 is 10.6 Å². The minimum absolute atomic E-state index is 0.0114. The van der Waals surface area contributed by atoms with E-state index in [1.807, 2.05) is 6.92 Å². The molecule has 0 aromatic heterocycles. The molecule has 1 unspecified atom stereocenters. The number of carbonyl (C=O) groups is 2. The summed E-state index contributed by atoms with van der Waals surface area (Å²) in [6, 6.07) is 6.46. The third-order valence-corrected chi connectivity index (χ3v) is 5.72. The average molecular weight is 359 g/mol. The van der Waals surface area contributed by atoms with Crippen LogP contribution in [-0.2, 0) is 22.4 Å². The average Bonchev–Trinajstić information content (AvgIpc) is 2.67. The van der Waals surface area contributed by atoms with Crippen LogP contribution in [0.25, 0.3) is 0 Å². The number of amides is 2. The van der Waals surface area contributed by atoms with Crippen molar-refractivity contribution in [2.24, 2.45) is 11.8 Å². The second-order valence-electron chi connectivity index (χ2n) is 7.51. The van der Waals surface area contributed by atoms with E-state index < -0.39 is 0 Å². The van der Waals surface area contributed by atoms with Crippen molar-refractivity contribution in [3.05, 3.63) is 29.3 Å². The zero-order chi connectivity index (χ0) is 19.1. The molecule has 0 saturated heterocycles. The lowest BCUT2D eigenvalue weighted by Crippen LogP contribution is -2.39. The van der Waals surface area contributed by atoms with E-state index in [4.69, 9.17) is 0 Å². The van der Waals surface area contributed by atoms with E-state index >= 15 is 0 Å². The zero-order valence-electron chi connectivity index (χ0n) is 16.7. The first kappa shape index (κ1) is 20.5. The Hall–Kier alpha value is -1.84. The van der Waals surface area contributed by atoms with Gasteiger partial charge in [0.1, 0.15) is 0 Å². The van der Waals surface area contributed by atoms with Gasteiger partial charge in [0.25, 0.3) is 0 Å². The quantitative estimate of drug-likeness (QED) is 0.755. The maximum absolute atomic E-state index is 12.8. The van der Waals surface area contributed by atoms with Crippen LogP contribution in [0.4, 0.5) is 5.69 Å². The number of nitrogens with one attached hydrogen (secondary N) is 2. The van der Waals surface area contributed by atoms with Gasteiger partial charge in [-0.1, -0.05) is 39.0 Å². The van der Waals surface area contributed by atoms with Crippen molar-refractivity contribution < 1.29 is 9.59 Å². The van der Waals surface area contributed by atoms with E-state index in [0.717, 1.165) is 50.6 Å². The molecule has 0 radical (unpaired) electrons. The highest BCUT2D eigenvalue weighted by atomic mass is 16.2. The van der Waals surface area contributed by atoms with Crippen molar-refractivity contribution in [1.29, 1.82) is 0 Å². The van der Waals surface area contributed by atoms with Gasteiger partial charge in [-0.05, 0) is 63.0 Å². The predicted octanol–water partition coefficient (Wildman–Crippen LogP) is 4.47. The Morgan fingerprint density at radius 3 is 1.92 bits per heavy atom. The minimum atomic E-state index is 0.0114. The predicted molar refractivity (Wildman–Crippen MR) is 107 cm³/mol. The maximum Gasteiger partial charge on any atom is 0.227 e. The molecule has 1 aliphatic rings. The lowest BCUT2D eigenvalue weighted by atomic mass is 9.81. The molecule has 0 bridgehead atoms. The molecule has 144 valence electrons. The van der Waals surface area contributed by atoms with Crippen LogP contribution in [0.1, 0.15) is 70.9 Å². The Bertz CT molecular complexity index is 596. The van der Waals surface area contributed by atoms with E-state index in [1.54, 1.807) is 0 Å². The van der Waals surface area contributed by atoms with Crippen molar-refractivity contribution in [2.45, 2.75) is 78.7 Å². The fourth-order valence-corrected chi connectivity index (χ4v) is 3.71. The third-order valence-electron chi connectivity index (χ3n) is 5.72. The Morgan fingerprint density at radius 1 is 0.962 bits per heavy atom. The lowest BCUT2D eigenvalue weighted by molar-refractivity contribution is -0.129. The summed E-state index contributed by atoms with van der Waals surface area (Å²) in [5.74, 6) is 0.337. The van der Waals surface area contributed by atoms with Crippen LogP contribution >= 0.6 is 0 Å². The van der Waals surface area contributed by atoms with Gasteiger partial charge in [-0.15, -0.1) is 0 Å². The standard InChI is InChI=1S/C22H34N2O2/c1-5-15(4)23-21(25)18-11-13-19(14-12-18)22(26)24-20-16(6-2)9-8-10-17(20)7-3/h8-10,15,18-19H,5-7,11-14H2,1-4H3,(H,23,25)(H,24,26). The van der Waals surface area contributed by atoms with E-state index in [2.05, 4.69) is 49.6 Å². The highest BCUT2D eigenvalue weighted by molar-refractivity contribution is 5.94. The molecule has 1 aromatic rings. The molecule has 1 aromatic carbocycles. The Balaban J connectivity index is 1.94. The van der Waals surface area contributed by atoms with Crippen LogP contribution in [0, 0.1) is 11.8 Å². The summed E-state index contributed by atoms with van der Waals surface area (Å²) >= 11 is 0. The van der Waals surface area contributed by atoms with Gasteiger partial charge >= 0.3 is 0 Å². The van der Waals surface area contributed by atoms with Crippen LogP contribution in [0.2, 0.25) is 0 Å². The largest absolute Gasteiger partial charge is 0.353 e. The number of aryl methyl sites for hydroxylation is 2. The number of para-hydroxylation sites is 1. The molecule has 1 atom stereocenters. The molecular weight excluding hydrogens is 324 g/mol. The number of benzene rings is 1. The van der Waals surface area contributed by atoms with Gasteiger partial charge in [0.2, 0.25) is 11.8 Å². The number of carbonyl (C=O) groups excluding carboxylic acids is 2. The fraction of sp³-hybridized carbons (Fsp3) is 0.636. The monoisotopic (exact) mass is 358 g/mol. The summed E-state index contributed by atoms with van der Waals surface area (Å²) in [7, 11) is 0. The summed E-state index contributed by atoms with van der Waals surface area (Å²) in [5.41, 5.74) is 3.39. The molecule has 0 aliphatic heterocycles. The summed E-state index contributed by atoms with van der Waals surface area (Å²) in [5, 5.41) is 6.27. The number of hydrogen-bond acceptors (Lipinski definition) is 2. The first-order valence-corrected chi connectivity index (χ1v) is 10.2. The second-order valence-corrected chi connectivity index (χ2v) is 7.51. The molecular formula is C22H34N2O2. The first-order chi connectivity index (χ1) is 12.5. The van der Waals surface area contributed by atoms with Gasteiger partial charge in [0.05, 0.1) is 0 Å². The van der Waals surface area contributed by atoms with E-state index in [9.17, 15) is 9.59 Å². The molecule has 1 saturated carbocycles. The Morgan fingerprint density at radius 2 is 1.46 bits per heavy atom. The molecule has 1 fully saturated rings. The van der Waals surface area contributed by atoms with Gasteiger partial charge in [-0.25, -0.2) is 0 Å². The molecule has 26 heavy (non-hydrogen) atoms. The molecule has 1 aliphatic carbocycles. The van der Waals surface area contributed by atoms with Crippen LogP contribution in [0.3, 0.4) is 0 Å². The fourth-order valence-electron chi connectivity index (χ4n) is 3.71. The normalized spacial score (nSPS) is 21.1. The molecule has 4 heteroatoms. The highest BCUT2D eigenvalue weighted by Crippen LogP contribution is 2.31. The summed E-state index contributed by atoms with van der Waals surface area (Å²) in [4.78, 5) is 25.1. The zero-order valence-corrected chi connectivity index (χ0v) is 16.7. The molecule has 2 amide bonds. The summed E-state index contributed by atoms with van der Waals surface area (Å²) in [6.45, 7) is 8.34. The van der Waals surface area contributed by atoms with Crippen molar-refractivity contribution in [3.8, 4) is 0 Å². The highest BCUT2D eigenvalue weighted by Gasteiger charge is 2.30. The van der Waals surface area contributed by atoms with Crippen molar-refractivity contribution in [2.75, 3.05) is 5.32 Å². The second kappa shape index (κ2) is 9.75. The number of rotatable bonds is 7. The van der Waals surface area contributed by atoms with Gasteiger partial charge in [0, 0.05) is 23.6 Å². The van der Waals surface area contributed by atoms with Gasteiger partial charge in [0.15, 0.2) is 0 Å². The third kappa shape index (κ3) is 5.09. The van der Waals surface area contributed by atoms with E-state index in [0.29, 0.717) is 0 Å². The molecule has 0 heterocycles. The topological polar surface area (TPSA) is 58.2 Å². The van der Waals surface area contributed by atoms with Crippen LogP contribution < -0.4 is 10.6 Å². The Kier molecular flexibility index (Phi) is 7.67. The summed E-state index contributed by atoms with van der Waals surface area (Å²) in [6.07, 6.45) is 5.95. The first-order valence-electron chi connectivity index (χ1n) is 10.2. The number of hydrogen-bond donors (Lipinski definition) is 2. The van der Waals surface area contributed by atoms with Crippen molar-refractivity contribution in [3.63, 3.8) is 0 Å². The number of anilines is 1. The van der Waals surface area contributed by atoms with Crippen molar-refractivity contribution >= 4 is 17.5 Å². The van der Waals surface area contributed by atoms with Gasteiger partial charge in [-0.3, -0.25) is 9.59 Å².